The van der Waals surface area contributed by atoms with Gasteiger partial charge in [0.05, 0.1) is 17.6 Å². The summed E-state index contributed by atoms with van der Waals surface area (Å²) in [7, 11) is 0. The molecular weight excluding hydrogens is 450 g/mol. The van der Waals surface area contributed by atoms with E-state index in [4.69, 9.17) is 23.1 Å². The molecule has 8 nitrogen and oxygen atoms in total. The lowest BCUT2D eigenvalue weighted by Crippen LogP contribution is -2.38. The molecule has 9 heteroatoms. The van der Waals surface area contributed by atoms with Gasteiger partial charge in [0.1, 0.15) is 5.82 Å². The number of carbonyl (C=O) groups is 1. The number of aromatic nitrogens is 2. The average molecular weight is 480 g/mol. The Labute approximate surface area is 204 Å². The number of nitrogens with two attached hydrogens (primary N) is 2. The Morgan fingerprint density at radius 1 is 1.15 bits per heavy atom. The summed E-state index contributed by atoms with van der Waals surface area (Å²) < 4.78 is 0. The first-order valence-electron chi connectivity index (χ1n) is 11.6. The third kappa shape index (κ3) is 5.75. The molecule has 3 aromatic rings. The van der Waals surface area contributed by atoms with E-state index in [1.54, 1.807) is 0 Å². The normalized spacial score (nSPS) is 17.8. The van der Waals surface area contributed by atoms with Crippen LogP contribution < -0.4 is 22.1 Å². The van der Waals surface area contributed by atoms with Crippen molar-refractivity contribution in [1.29, 1.82) is 0 Å². The number of carbonyl (C=O) groups excluding carboxylic acids is 1. The van der Waals surface area contributed by atoms with E-state index in [-0.39, 0.29) is 29.8 Å². The highest BCUT2D eigenvalue weighted by molar-refractivity contribution is 6.31. The van der Waals surface area contributed by atoms with Gasteiger partial charge in [-0.05, 0) is 49.9 Å². The van der Waals surface area contributed by atoms with Crippen molar-refractivity contribution in [2.75, 3.05) is 11.9 Å². The number of aliphatic imine (C=N–C) groups is 1. The van der Waals surface area contributed by atoms with Gasteiger partial charge in [-0.2, -0.15) is 0 Å². The lowest BCUT2D eigenvalue weighted by atomic mass is 9.90. The summed E-state index contributed by atoms with van der Waals surface area (Å²) in [6.07, 6.45) is 4.57. The molecule has 1 heterocycles. The van der Waals surface area contributed by atoms with E-state index < -0.39 is 0 Å². The highest BCUT2D eigenvalue weighted by Gasteiger charge is 2.26. The van der Waals surface area contributed by atoms with Gasteiger partial charge in [-0.1, -0.05) is 54.3 Å². The van der Waals surface area contributed by atoms with Gasteiger partial charge in [-0.25, -0.2) is 15.0 Å². The van der Waals surface area contributed by atoms with Crippen LogP contribution in [-0.4, -0.2) is 40.5 Å². The van der Waals surface area contributed by atoms with E-state index >= 15 is 0 Å². The number of amides is 1. The minimum absolute atomic E-state index is 0.0191. The van der Waals surface area contributed by atoms with E-state index in [2.05, 4.69) is 25.6 Å². The Bertz CT molecular complexity index is 1210. The SMILES string of the molecule is Cc1ccc2nc(C(=O)NCCc3ccccc3Cl)nc(NC3CCCCC3N=C(N)N)c2c1. The van der Waals surface area contributed by atoms with Gasteiger partial charge in [0.15, 0.2) is 5.96 Å². The van der Waals surface area contributed by atoms with Gasteiger partial charge in [0.25, 0.3) is 5.91 Å². The monoisotopic (exact) mass is 479 g/mol. The van der Waals surface area contributed by atoms with Crippen molar-refractivity contribution in [3.8, 4) is 0 Å². The van der Waals surface area contributed by atoms with Crippen LogP contribution >= 0.6 is 11.6 Å². The summed E-state index contributed by atoms with van der Waals surface area (Å²) in [6, 6.07) is 13.5. The highest BCUT2D eigenvalue weighted by Crippen LogP contribution is 2.28. The first-order valence-corrected chi connectivity index (χ1v) is 11.9. The van der Waals surface area contributed by atoms with Crippen LogP contribution in [0.1, 0.15) is 47.4 Å². The van der Waals surface area contributed by atoms with Gasteiger partial charge >= 0.3 is 0 Å². The molecule has 2 unspecified atom stereocenters. The molecule has 2 aromatic carbocycles. The zero-order chi connectivity index (χ0) is 24.1. The summed E-state index contributed by atoms with van der Waals surface area (Å²) in [4.78, 5) is 26.5. The van der Waals surface area contributed by atoms with E-state index in [1.165, 1.54) is 0 Å². The Kier molecular flexibility index (Phi) is 7.47. The fourth-order valence-electron chi connectivity index (χ4n) is 4.35. The first-order chi connectivity index (χ1) is 16.4. The molecule has 0 radical (unpaired) electrons. The van der Waals surface area contributed by atoms with Gasteiger partial charge in [-0.3, -0.25) is 4.79 Å². The molecule has 178 valence electrons. The van der Waals surface area contributed by atoms with Crippen molar-refractivity contribution in [3.63, 3.8) is 0 Å². The maximum Gasteiger partial charge on any atom is 0.289 e. The molecule has 1 aliphatic carbocycles. The molecule has 6 N–H and O–H groups in total. The van der Waals surface area contributed by atoms with Crippen LogP contribution in [0.25, 0.3) is 10.9 Å². The Hall–Kier alpha value is -3.39. The molecule has 1 saturated carbocycles. The molecule has 1 aliphatic rings. The van der Waals surface area contributed by atoms with Crippen LogP contribution in [0, 0.1) is 6.92 Å². The fourth-order valence-corrected chi connectivity index (χ4v) is 4.58. The van der Waals surface area contributed by atoms with Gasteiger partial charge in [-0.15, -0.1) is 0 Å². The smallest absolute Gasteiger partial charge is 0.289 e. The number of hydrogen-bond donors (Lipinski definition) is 4. The van der Waals surface area contributed by atoms with Crippen LogP contribution in [0.2, 0.25) is 5.02 Å². The molecule has 1 fully saturated rings. The van der Waals surface area contributed by atoms with Crippen molar-refractivity contribution in [3.05, 3.63) is 64.4 Å². The number of benzene rings is 2. The predicted molar refractivity (Wildman–Crippen MR) is 137 cm³/mol. The maximum absolute atomic E-state index is 12.9. The second kappa shape index (κ2) is 10.7. The number of halogens is 1. The number of nitrogens with zero attached hydrogens (tertiary/aromatic N) is 3. The number of guanidine groups is 1. The third-order valence-corrected chi connectivity index (χ3v) is 6.43. The summed E-state index contributed by atoms with van der Waals surface area (Å²) in [5, 5.41) is 7.98. The van der Waals surface area contributed by atoms with Crippen molar-refractivity contribution >= 4 is 40.2 Å². The molecule has 2 atom stereocenters. The molecule has 0 spiro atoms. The van der Waals surface area contributed by atoms with Gasteiger partial charge in [0, 0.05) is 17.0 Å². The van der Waals surface area contributed by atoms with Gasteiger partial charge in [0.2, 0.25) is 5.82 Å². The average Bonchev–Trinajstić information content (AvgIpc) is 2.81. The molecule has 4 rings (SSSR count). The van der Waals surface area contributed by atoms with E-state index in [9.17, 15) is 4.79 Å². The topological polar surface area (TPSA) is 131 Å². The molecule has 0 bridgehead atoms. The number of anilines is 1. The number of hydrogen-bond acceptors (Lipinski definition) is 5. The second-order valence-electron chi connectivity index (χ2n) is 8.67. The summed E-state index contributed by atoms with van der Waals surface area (Å²) in [5.74, 6) is 0.488. The Morgan fingerprint density at radius 3 is 2.74 bits per heavy atom. The summed E-state index contributed by atoms with van der Waals surface area (Å²) in [5.41, 5.74) is 14.1. The van der Waals surface area contributed by atoms with Crippen LogP contribution in [0.3, 0.4) is 0 Å². The summed E-state index contributed by atoms with van der Waals surface area (Å²) in [6.45, 7) is 2.44. The van der Waals surface area contributed by atoms with E-state index in [1.807, 2.05) is 49.4 Å². The molecule has 1 amide bonds. The lowest BCUT2D eigenvalue weighted by Gasteiger charge is -2.30. The van der Waals surface area contributed by atoms with Crippen molar-refractivity contribution in [2.24, 2.45) is 16.5 Å². The Balaban J connectivity index is 1.57. The minimum Gasteiger partial charge on any atom is -0.370 e. The largest absolute Gasteiger partial charge is 0.370 e. The van der Waals surface area contributed by atoms with Gasteiger partial charge < -0.3 is 22.1 Å². The number of fused-ring (bicyclic) bond motifs is 1. The molecule has 0 saturated heterocycles. The third-order valence-electron chi connectivity index (χ3n) is 6.06. The number of nitrogens with one attached hydrogen (secondary N) is 2. The van der Waals surface area contributed by atoms with E-state index in [0.717, 1.165) is 42.2 Å². The summed E-state index contributed by atoms with van der Waals surface area (Å²) >= 11 is 6.22. The molecule has 0 aliphatic heterocycles. The van der Waals surface area contributed by atoms with Crippen LogP contribution in [0.15, 0.2) is 47.5 Å². The quantitative estimate of drug-likeness (QED) is 0.302. The van der Waals surface area contributed by atoms with Crippen molar-refractivity contribution in [2.45, 2.75) is 51.1 Å². The minimum atomic E-state index is -0.331. The Morgan fingerprint density at radius 2 is 1.94 bits per heavy atom. The van der Waals surface area contributed by atoms with Crippen LogP contribution in [0.5, 0.6) is 0 Å². The molecule has 1 aromatic heterocycles. The van der Waals surface area contributed by atoms with Crippen molar-refractivity contribution < 1.29 is 4.79 Å². The zero-order valence-corrected chi connectivity index (χ0v) is 20.0. The maximum atomic E-state index is 12.9. The second-order valence-corrected chi connectivity index (χ2v) is 9.08. The molecule has 34 heavy (non-hydrogen) atoms. The fraction of sp³-hybridized carbons (Fsp3) is 0.360. The molecular formula is C25H30ClN7O. The highest BCUT2D eigenvalue weighted by atomic mass is 35.5. The first kappa shape index (κ1) is 23.8. The van der Waals surface area contributed by atoms with E-state index in [0.29, 0.717) is 29.3 Å². The zero-order valence-electron chi connectivity index (χ0n) is 19.2. The number of rotatable bonds is 7. The van der Waals surface area contributed by atoms with Crippen LogP contribution in [0.4, 0.5) is 5.82 Å². The lowest BCUT2D eigenvalue weighted by molar-refractivity contribution is 0.0944. The number of aryl methyl sites for hydroxylation is 1. The van der Waals surface area contributed by atoms with Crippen LogP contribution in [-0.2, 0) is 6.42 Å². The standard InChI is InChI=1S/C25H30ClN7O/c1-15-10-11-19-17(14-15)22(31-20-8-4-5-9-21(20)32-25(27)28)33-23(30-19)24(34)29-13-12-16-6-2-3-7-18(16)26/h2-3,6-7,10-11,14,20-21H,4-5,8-9,12-13H2,1H3,(H,29,34)(H4,27,28,32)(H,30,31,33). The predicted octanol–water partition coefficient (Wildman–Crippen LogP) is 3.56. The van der Waals surface area contributed by atoms with Crippen molar-refractivity contribution in [1.82, 2.24) is 15.3 Å².